The summed E-state index contributed by atoms with van der Waals surface area (Å²) in [5, 5.41) is 1.62. The fraction of sp³-hybridized carbons (Fsp3) is 0.400. The number of ether oxygens (including phenoxy) is 1. The monoisotopic (exact) mass is 209 g/mol. The molecule has 14 heavy (non-hydrogen) atoms. The minimum atomic E-state index is -0.301. The minimum Gasteiger partial charge on any atom is -0.465 e. The number of methoxy groups -OCH3 is 1. The number of hydrogen-bond donors (Lipinski definition) is 0. The summed E-state index contributed by atoms with van der Waals surface area (Å²) in [5.74, 6) is -0.301. The fourth-order valence-electron chi connectivity index (χ4n) is 1.08. The van der Waals surface area contributed by atoms with Gasteiger partial charge < -0.3 is 4.74 Å². The third-order valence-corrected chi connectivity index (χ3v) is 3.24. The van der Waals surface area contributed by atoms with Crippen molar-refractivity contribution in [1.29, 1.82) is 0 Å². The van der Waals surface area contributed by atoms with E-state index in [1.54, 1.807) is 30.1 Å². The number of thioether (sulfide) groups is 1. The Morgan fingerprint density at radius 3 is 3.07 bits per heavy atom. The molecule has 0 unspecified atom stereocenters. The van der Waals surface area contributed by atoms with Crippen LogP contribution in [0.25, 0.3) is 0 Å². The van der Waals surface area contributed by atoms with E-state index in [-0.39, 0.29) is 5.97 Å². The Morgan fingerprint density at radius 2 is 2.43 bits per heavy atom. The third kappa shape index (κ3) is 2.26. The van der Waals surface area contributed by atoms with Crippen LogP contribution >= 0.6 is 11.8 Å². The summed E-state index contributed by atoms with van der Waals surface area (Å²) < 4.78 is 4.64. The zero-order valence-corrected chi connectivity index (χ0v) is 8.71. The van der Waals surface area contributed by atoms with Crippen LogP contribution < -0.4 is 0 Å². The topological polar surface area (TPSA) is 39.2 Å². The van der Waals surface area contributed by atoms with Crippen molar-refractivity contribution in [3.05, 3.63) is 23.9 Å². The molecule has 1 aromatic rings. The normalized spacial score (nSPS) is 15.2. The first-order valence-electron chi connectivity index (χ1n) is 4.50. The average molecular weight is 209 g/mol. The molecule has 1 aromatic heterocycles. The smallest absolute Gasteiger partial charge is 0.337 e. The fourth-order valence-corrected chi connectivity index (χ4v) is 2.11. The first-order chi connectivity index (χ1) is 6.79. The van der Waals surface area contributed by atoms with E-state index < -0.39 is 0 Å². The van der Waals surface area contributed by atoms with E-state index in [0.29, 0.717) is 10.8 Å². The number of esters is 1. The van der Waals surface area contributed by atoms with Crippen molar-refractivity contribution >= 4 is 17.7 Å². The van der Waals surface area contributed by atoms with Gasteiger partial charge in [-0.15, -0.1) is 11.8 Å². The van der Waals surface area contributed by atoms with Gasteiger partial charge >= 0.3 is 5.97 Å². The third-order valence-electron chi connectivity index (χ3n) is 1.97. The van der Waals surface area contributed by atoms with Crippen LogP contribution in [0.5, 0.6) is 0 Å². The number of carbonyl (C=O) groups is 1. The lowest BCUT2D eigenvalue weighted by Crippen LogP contribution is -2.01. The Bertz CT molecular complexity index is 350. The summed E-state index contributed by atoms with van der Waals surface area (Å²) in [5.41, 5.74) is 0.575. The summed E-state index contributed by atoms with van der Waals surface area (Å²) >= 11 is 1.73. The van der Waals surface area contributed by atoms with Gasteiger partial charge in [-0.3, -0.25) is 0 Å². The predicted molar refractivity (Wildman–Crippen MR) is 54.5 cm³/mol. The van der Waals surface area contributed by atoms with E-state index in [1.165, 1.54) is 20.0 Å². The van der Waals surface area contributed by atoms with Crippen molar-refractivity contribution in [3.63, 3.8) is 0 Å². The van der Waals surface area contributed by atoms with Crippen LogP contribution in [0.1, 0.15) is 23.2 Å². The van der Waals surface area contributed by atoms with Crippen molar-refractivity contribution in [3.8, 4) is 0 Å². The number of hydrogen-bond acceptors (Lipinski definition) is 4. The molecule has 1 saturated carbocycles. The summed E-state index contributed by atoms with van der Waals surface area (Å²) in [4.78, 5) is 15.4. The van der Waals surface area contributed by atoms with Gasteiger partial charge in [0.25, 0.3) is 0 Å². The summed E-state index contributed by atoms with van der Waals surface area (Å²) in [6.07, 6.45) is 4.17. The summed E-state index contributed by atoms with van der Waals surface area (Å²) in [6, 6.07) is 3.46. The highest BCUT2D eigenvalue weighted by molar-refractivity contribution is 8.00. The molecular formula is C10H11NO2S. The lowest BCUT2D eigenvalue weighted by atomic mass is 10.3. The predicted octanol–water partition coefficient (Wildman–Crippen LogP) is 2.12. The average Bonchev–Trinajstić information content (AvgIpc) is 3.01. The van der Waals surface area contributed by atoms with Crippen molar-refractivity contribution < 1.29 is 9.53 Å². The van der Waals surface area contributed by atoms with Gasteiger partial charge in [-0.2, -0.15) is 0 Å². The number of rotatable bonds is 3. The molecule has 0 saturated heterocycles. The number of pyridine rings is 1. The zero-order chi connectivity index (χ0) is 9.97. The van der Waals surface area contributed by atoms with Gasteiger partial charge in [-0.25, -0.2) is 9.78 Å². The van der Waals surface area contributed by atoms with Crippen LogP contribution in [0.2, 0.25) is 0 Å². The van der Waals surface area contributed by atoms with E-state index in [0.717, 1.165) is 5.03 Å². The first-order valence-corrected chi connectivity index (χ1v) is 5.38. The standard InChI is InChI=1S/C10H11NO2S/c1-13-10(12)7-4-5-11-9(6-7)14-8-2-3-8/h4-6,8H,2-3H2,1H3. The molecule has 0 aromatic carbocycles. The van der Waals surface area contributed by atoms with E-state index in [2.05, 4.69) is 9.72 Å². The molecule has 2 rings (SSSR count). The quantitative estimate of drug-likeness (QED) is 0.715. The van der Waals surface area contributed by atoms with Crippen LogP contribution in [0.4, 0.5) is 0 Å². The van der Waals surface area contributed by atoms with Gasteiger partial charge in [0.15, 0.2) is 0 Å². The lowest BCUT2D eigenvalue weighted by molar-refractivity contribution is 0.0600. The van der Waals surface area contributed by atoms with Gasteiger partial charge in [0, 0.05) is 11.4 Å². The molecule has 0 aliphatic heterocycles. The number of nitrogens with zero attached hydrogens (tertiary/aromatic N) is 1. The summed E-state index contributed by atoms with van der Waals surface area (Å²) in [6.45, 7) is 0. The lowest BCUT2D eigenvalue weighted by Gasteiger charge is -2.01. The van der Waals surface area contributed by atoms with Crippen LogP contribution in [0.3, 0.4) is 0 Å². The Hall–Kier alpha value is -1.03. The molecule has 1 fully saturated rings. The molecule has 1 aliphatic rings. The van der Waals surface area contributed by atoms with Gasteiger partial charge in [0.1, 0.15) is 0 Å². The van der Waals surface area contributed by atoms with Crippen molar-refractivity contribution in [2.75, 3.05) is 7.11 Å². The molecule has 0 atom stereocenters. The molecule has 0 radical (unpaired) electrons. The van der Waals surface area contributed by atoms with E-state index in [9.17, 15) is 4.79 Å². The molecule has 3 nitrogen and oxygen atoms in total. The SMILES string of the molecule is COC(=O)c1ccnc(SC2CC2)c1. The number of aromatic nitrogens is 1. The molecule has 0 N–H and O–H groups in total. The van der Waals surface area contributed by atoms with Crippen molar-refractivity contribution in [2.24, 2.45) is 0 Å². The van der Waals surface area contributed by atoms with Crippen molar-refractivity contribution in [2.45, 2.75) is 23.1 Å². The van der Waals surface area contributed by atoms with Gasteiger partial charge in [-0.1, -0.05) is 0 Å². The second-order valence-electron chi connectivity index (χ2n) is 3.19. The molecule has 0 bridgehead atoms. The molecule has 1 heterocycles. The van der Waals surface area contributed by atoms with Crippen molar-refractivity contribution in [1.82, 2.24) is 4.98 Å². The molecular weight excluding hydrogens is 198 g/mol. The highest BCUT2D eigenvalue weighted by Gasteiger charge is 2.23. The highest BCUT2D eigenvalue weighted by atomic mass is 32.2. The largest absolute Gasteiger partial charge is 0.465 e. The molecule has 0 spiro atoms. The first kappa shape index (κ1) is 9.52. The van der Waals surface area contributed by atoms with Gasteiger partial charge in [-0.05, 0) is 25.0 Å². The second-order valence-corrected chi connectivity index (χ2v) is 4.51. The van der Waals surface area contributed by atoms with Gasteiger partial charge in [0.05, 0.1) is 17.7 Å². The maximum absolute atomic E-state index is 11.2. The van der Waals surface area contributed by atoms with Gasteiger partial charge in [0.2, 0.25) is 0 Å². The van der Waals surface area contributed by atoms with E-state index in [4.69, 9.17) is 0 Å². The Morgan fingerprint density at radius 1 is 1.64 bits per heavy atom. The molecule has 1 aliphatic carbocycles. The maximum atomic E-state index is 11.2. The van der Waals surface area contributed by atoms with Crippen LogP contribution in [-0.2, 0) is 4.74 Å². The Kier molecular flexibility index (Phi) is 2.72. The van der Waals surface area contributed by atoms with E-state index in [1.807, 2.05) is 0 Å². The van der Waals surface area contributed by atoms with Crippen LogP contribution in [0, 0.1) is 0 Å². The van der Waals surface area contributed by atoms with Crippen LogP contribution in [0.15, 0.2) is 23.4 Å². The Balaban J connectivity index is 2.12. The minimum absolute atomic E-state index is 0.301. The molecule has 74 valence electrons. The molecule has 4 heteroatoms. The highest BCUT2D eigenvalue weighted by Crippen LogP contribution is 2.38. The maximum Gasteiger partial charge on any atom is 0.337 e. The second kappa shape index (κ2) is 4.00. The molecule has 0 amide bonds. The zero-order valence-electron chi connectivity index (χ0n) is 7.90. The Labute approximate surface area is 86.9 Å². The number of carbonyl (C=O) groups excluding carboxylic acids is 1. The summed E-state index contributed by atoms with van der Waals surface area (Å²) in [7, 11) is 1.39. The van der Waals surface area contributed by atoms with E-state index >= 15 is 0 Å². The van der Waals surface area contributed by atoms with Crippen LogP contribution in [-0.4, -0.2) is 23.3 Å².